The zero-order chi connectivity index (χ0) is 14.5. The molecule has 0 aliphatic heterocycles. The van der Waals surface area contributed by atoms with Crippen LogP contribution in [0, 0.1) is 0 Å². The summed E-state index contributed by atoms with van der Waals surface area (Å²) in [4.78, 5) is 12.1. The summed E-state index contributed by atoms with van der Waals surface area (Å²) in [6.07, 6.45) is 0. The third-order valence-electron chi connectivity index (χ3n) is 2.62. The number of carbonyl (C=O) groups is 1. The molecule has 1 N–H and O–H groups in total. The van der Waals surface area contributed by atoms with Gasteiger partial charge >= 0.3 is 0 Å². The number of hydrogen-bond donors (Lipinski definition) is 1. The van der Waals surface area contributed by atoms with E-state index in [0.717, 1.165) is 0 Å². The number of ether oxygens (including phenoxy) is 1. The third-order valence-corrected chi connectivity index (χ3v) is 3.24. The van der Waals surface area contributed by atoms with Crippen LogP contribution in [0.1, 0.15) is 17.3 Å². The van der Waals surface area contributed by atoms with Crippen LogP contribution in [0.3, 0.4) is 0 Å². The summed E-state index contributed by atoms with van der Waals surface area (Å²) in [5, 5.41) is 3.62. The van der Waals surface area contributed by atoms with Crippen LogP contribution in [0.15, 0.2) is 42.5 Å². The van der Waals surface area contributed by atoms with Crippen molar-refractivity contribution in [2.45, 2.75) is 6.92 Å². The molecular formula is C15H13Cl2NO2. The molecule has 0 spiro atoms. The molecule has 0 aliphatic carbocycles. The largest absolute Gasteiger partial charge is 0.492 e. The SMILES string of the molecule is CCOc1ccc(C(=O)Nc2ccccc2Cl)cc1Cl. The second-order valence-corrected chi connectivity index (χ2v) is 4.83. The topological polar surface area (TPSA) is 38.3 Å². The zero-order valence-corrected chi connectivity index (χ0v) is 12.3. The van der Waals surface area contributed by atoms with E-state index in [4.69, 9.17) is 27.9 Å². The molecule has 2 aromatic rings. The van der Waals surface area contributed by atoms with Gasteiger partial charge in [0.15, 0.2) is 0 Å². The molecule has 20 heavy (non-hydrogen) atoms. The smallest absolute Gasteiger partial charge is 0.255 e. The number of halogens is 2. The minimum Gasteiger partial charge on any atom is -0.492 e. The maximum atomic E-state index is 12.1. The van der Waals surface area contributed by atoms with Gasteiger partial charge in [0.25, 0.3) is 5.91 Å². The van der Waals surface area contributed by atoms with Gasteiger partial charge < -0.3 is 10.1 Å². The Labute approximate surface area is 127 Å². The van der Waals surface area contributed by atoms with E-state index in [1.165, 1.54) is 0 Å². The van der Waals surface area contributed by atoms with E-state index in [1.54, 1.807) is 42.5 Å². The van der Waals surface area contributed by atoms with Gasteiger partial charge in [0.2, 0.25) is 0 Å². The minimum atomic E-state index is -0.275. The fraction of sp³-hybridized carbons (Fsp3) is 0.133. The third kappa shape index (κ3) is 3.44. The fourth-order valence-electron chi connectivity index (χ4n) is 1.67. The molecule has 2 aromatic carbocycles. The standard InChI is InChI=1S/C15H13Cl2NO2/c1-2-20-14-8-7-10(9-12(14)17)15(19)18-13-6-4-3-5-11(13)16/h3-9H,2H2,1H3,(H,18,19). The molecule has 0 saturated carbocycles. The second kappa shape index (κ2) is 6.64. The second-order valence-electron chi connectivity index (χ2n) is 4.01. The summed E-state index contributed by atoms with van der Waals surface area (Å²) in [7, 11) is 0. The molecule has 0 aromatic heterocycles. The van der Waals surface area contributed by atoms with E-state index < -0.39 is 0 Å². The van der Waals surface area contributed by atoms with Crippen LogP contribution in [0.2, 0.25) is 10.0 Å². The first kappa shape index (κ1) is 14.7. The maximum absolute atomic E-state index is 12.1. The predicted octanol–water partition coefficient (Wildman–Crippen LogP) is 4.64. The number of rotatable bonds is 4. The normalized spacial score (nSPS) is 10.2. The molecule has 5 heteroatoms. The van der Waals surface area contributed by atoms with E-state index in [-0.39, 0.29) is 5.91 Å². The lowest BCUT2D eigenvalue weighted by atomic mass is 10.2. The summed E-state index contributed by atoms with van der Waals surface area (Å²) < 4.78 is 5.32. The molecule has 2 rings (SSSR count). The first-order valence-corrected chi connectivity index (χ1v) is 6.85. The van der Waals surface area contributed by atoms with E-state index in [0.29, 0.717) is 33.7 Å². The van der Waals surface area contributed by atoms with Crippen molar-refractivity contribution in [3.63, 3.8) is 0 Å². The molecule has 0 radical (unpaired) electrons. The van der Waals surface area contributed by atoms with Crippen molar-refractivity contribution in [3.8, 4) is 5.75 Å². The van der Waals surface area contributed by atoms with E-state index >= 15 is 0 Å². The predicted molar refractivity (Wildman–Crippen MR) is 82.0 cm³/mol. The summed E-state index contributed by atoms with van der Waals surface area (Å²) >= 11 is 12.0. The van der Waals surface area contributed by atoms with Crippen LogP contribution >= 0.6 is 23.2 Å². The van der Waals surface area contributed by atoms with Gasteiger partial charge in [-0.1, -0.05) is 35.3 Å². The van der Waals surface area contributed by atoms with Crippen molar-refractivity contribution in [1.29, 1.82) is 0 Å². The van der Waals surface area contributed by atoms with Crippen LogP contribution in [0.25, 0.3) is 0 Å². The first-order valence-electron chi connectivity index (χ1n) is 6.10. The molecule has 104 valence electrons. The summed E-state index contributed by atoms with van der Waals surface area (Å²) in [5.74, 6) is 0.284. The lowest BCUT2D eigenvalue weighted by Gasteiger charge is -2.09. The van der Waals surface area contributed by atoms with Gasteiger partial charge in [0, 0.05) is 5.56 Å². The Kier molecular flexibility index (Phi) is 4.88. The van der Waals surface area contributed by atoms with Crippen LogP contribution in [0.5, 0.6) is 5.75 Å². The Hall–Kier alpha value is -1.71. The molecule has 0 fully saturated rings. The van der Waals surface area contributed by atoms with Crippen molar-refractivity contribution in [1.82, 2.24) is 0 Å². The van der Waals surface area contributed by atoms with Crippen molar-refractivity contribution in [2.75, 3.05) is 11.9 Å². The molecule has 0 saturated heterocycles. The van der Waals surface area contributed by atoms with Gasteiger partial charge in [-0.15, -0.1) is 0 Å². The Morgan fingerprint density at radius 2 is 1.90 bits per heavy atom. The molecule has 0 atom stereocenters. The summed E-state index contributed by atoms with van der Waals surface area (Å²) in [6.45, 7) is 2.39. The monoisotopic (exact) mass is 309 g/mol. The average molecular weight is 310 g/mol. The molecule has 1 amide bonds. The van der Waals surface area contributed by atoms with Crippen molar-refractivity contribution < 1.29 is 9.53 Å². The highest BCUT2D eigenvalue weighted by molar-refractivity contribution is 6.34. The molecule has 0 bridgehead atoms. The molecule has 0 aliphatic rings. The number of amides is 1. The lowest BCUT2D eigenvalue weighted by molar-refractivity contribution is 0.102. The minimum absolute atomic E-state index is 0.275. The Balaban J connectivity index is 2.18. The summed E-state index contributed by atoms with van der Waals surface area (Å²) in [6, 6.07) is 11.9. The Bertz CT molecular complexity index is 629. The van der Waals surface area contributed by atoms with E-state index in [9.17, 15) is 4.79 Å². The van der Waals surface area contributed by atoms with Crippen LogP contribution in [-0.4, -0.2) is 12.5 Å². The Morgan fingerprint density at radius 3 is 2.55 bits per heavy atom. The molecule has 0 heterocycles. The number of carbonyl (C=O) groups excluding carboxylic acids is 1. The van der Waals surface area contributed by atoms with Crippen LogP contribution < -0.4 is 10.1 Å². The van der Waals surface area contributed by atoms with Crippen molar-refractivity contribution >= 4 is 34.8 Å². The number of anilines is 1. The highest BCUT2D eigenvalue weighted by atomic mass is 35.5. The fourth-order valence-corrected chi connectivity index (χ4v) is 2.09. The summed E-state index contributed by atoms with van der Waals surface area (Å²) in [5.41, 5.74) is 1.00. The number of benzene rings is 2. The number of hydrogen-bond acceptors (Lipinski definition) is 2. The highest BCUT2D eigenvalue weighted by Gasteiger charge is 2.11. The zero-order valence-electron chi connectivity index (χ0n) is 10.8. The van der Waals surface area contributed by atoms with E-state index in [1.807, 2.05) is 6.92 Å². The van der Waals surface area contributed by atoms with Crippen LogP contribution in [-0.2, 0) is 0 Å². The number of para-hydroxylation sites is 1. The van der Waals surface area contributed by atoms with Gasteiger partial charge in [-0.3, -0.25) is 4.79 Å². The van der Waals surface area contributed by atoms with Crippen LogP contribution in [0.4, 0.5) is 5.69 Å². The quantitative estimate of drug-likeness (QED) is 0.893. The lowest BCUT2D eigenvalue weighted by Crippen LogP contribution is -2.12. The Morgan fingerprint density at radius 1 is 1.15 bits per heavy atom. The average Bonchev–Trinajstić information content (AvgIpc) is 2.43. The highest BCUT2D eigenvalue weighted by Crippen LogP contribution is 2.26. The molecule has 3 nitrogen and oxygen atoms in total. The molecular weight excluding hydrogens is 297 g/mol. The van der Waals surface area contributed by atoms with Crippen molar-refractivity contribution in [3.05, 3.63) is 58.1 Å². The van der Waals surface area contributed by atoms with Gasteiger partial charge in [-0.2, -0.15) is 0 Å². The van der Waals surface area contributed by atoms with Crippen molar-refractivity contribution in [2.24, 2.45) is 0 Å². The maximum Gasteiger partial charge on any atom is 0.255 e. The van der Waals surface area contributed by atoms with Gasteiger partial charge in [0.05, 0.1) is 22.3 Å². The first-order chi connectivity index (χ1) is 9.61. The number of nitrogens with one attached hydrogen (secondary N) is 1. The van der Waals surface area contributed by atoms with E-state index in [2.05, 4.69) is 5.32 Å². The molecule has 0 unspecified atom stereocenters. The van der Waals surface area contributed by atoms with Gasteiger partial charge in [-0.05, 0) is 37.3 Å². The van der Waals surface area contributed by atoms with Gasteiger partial charge in [-0.25, -0.2) is 0 Å². The van der Waals surface area contributed by atoms with Gasteiger partial charge in [0.1, 0.15) is 5.75 Å².